The predicted molar refractivity (Wildman–Crippen MR) is 75.4 cm³/mol. The smallest absolute Gasteiger partial charge is 0.324 e. The van der Waals surface area contributed by atoms with Gasteiger partial charge in [-0.3, -0.25) is 9.69 Å². The molecule has 1 aliphatic heterocycles. The number of phenolic OH excluding ortho intramolecular Hbond substituents is 1. The number of likely N-dealkylation sites (N-methyl/N-ethyl adjacent to an activating group) is 1. The number of carboxylic acid groups (broad SMARTS) is 1. The first kappa shape index (κ1) is 15.1. The topological polar surface area (TPSA) is 90.3 Å². The molecule has 0 aliphatic carbocycles. The Morgan fingerprint density at radius 1 is 1.29 bits per heavy atom. The minimum absolute atomic E-state index is 0.0578. The Bertz CT molecular complexity index is 548. The zero-order valence-electron chi connectivity index (χ0n) is 11.9. The molecule has 0 radical (unpaired) electrons. The number of aromatic hydroxyl groups is 1. The summed E-state index contributed by atoms with van der Waals surface area (Å²) < 4.78 is 5.17. The standard InChI is InChI=1S/C14H18N2O5/c1-15(9-4-3-5-10(17)6-9)14(20)16(2)12-8-21-7-11(12)13(18)19/h3-6,11-12,17H,7-8H2,1-2H3,(H,18,19). The van der Waals surface area contributed by atoms with Crippen molar-refractivity contribution in [2.75, 3.05) is 32.2 Å². The van der Waals surface area contributed by atoms with Gasteiger partial charge in [0.2, 0.25) is 0 Å². The van der Waals surface area contributed by atoms with Crippen molar-refractivity contribution < 1.29 is 24.5 Å². The molecule has 2 rings (SSSR count). The lowest BCUT2D eigenvalue weighted by Gasteiger charge is -2.30. The highest BCUT2D eigenvalue weighted by molar-refractivity contribution is 5.92. The van der Waals surface area contributed by atoms with Crippen LogP contribution < -0.4 is 4.90 Å². The monoisotopic (exact) mass is 294 g/mol. The molecule has 0 spiro atoms. The molecule has 1 heterocycles. The van der Waals surface area contributed by atoms with E-state index < -0.39 is 17.9 Å². The Morgan fingerprint density at radius 3 is 2.62 bits per heavy atom. The molecule has 21 heavy (non-hydrogen) atoms. The second kappa shape index (κ2) is 6.01. The van der Waals surface area contributed by atoms with Gasteiger partial charge >= 0.3 is 12.0 Å². The average molecular weight is 294 g/mol. The van der Waals surface area contributed by atoms with Gasteiger partial charge in [0, 0.05) is 25.8 Å². The largest absolute Gasteiger partial charge is 0.508 e. The van der Waals surface area contributed by atoms with E-state index in [1.165, 1.54) is 21.9 Å². The molecule has 0 aromatic heterocycles. The van der Waals surface area contributed by atoms with Crippen LogP contribution in [0, 0.1) is 5.92 Å². The molecule has 7 heteroatoms. The molecule has 0 saturated carbocycles. The van der Waals surface area contributed by atoms with Crippen molar-refractivity contribution in [1.29, 1.82) is 0 Å². The lowest BCUT2D eigenvalue weighted by Crippen LogP contribution is -2.49. The molecular weight excluding hydrogens is 276 g/mol. The number of hydrogen-bond acceptors (Lipinski definition) is 4. The molecule has 1 saturated heterocycles. The second-order valence-electron chi connectivity index (χ2n) is 5.02. The van der Waals surface area contributed by atoms with E-state index in [1.54, 1.807) is 26.2 Å². The van der Waals surface area contributed by atoms with Crippen LogP contribution in [0.5, 0.6) is 5.75 Å². The summed E-state index contributed by atoms with van der Waals surface area (Å²) in [6.07, 6.45) is 0. The van der Waals surface area contributed by atoms with Crippen LogP contribution in [0.4, 0.5) is 10.5 Å². The van der Waals surface area contributed by atoms with E-state index >= 15 is 0 Å². The Morgan fingerprint density at radius 2 is 2.00 bits per heavy atom. The molecular formula is C14H18N2O5. The minimum Gasteiger partial charge on any atom is -0.508 e. The molecule has 2 amide bonds. The zero-order valence-corrected chi connectivity index (χ0v) is 11.9. The average Bonchev–Trinajstić information content (AvgIpc) is 2.94. The normalized spacial score (nSPS) is 21.0. The van der Waals surface area contributed by atoms with Gasteiger partial charge in [-0.25, -0.2) is 4.79 Å². The molecule has 2 unspecified atom stereocenters. The number of carboxylic acids is 1. The van der Waals surface area contributed by atoms with Gasteiger partial charge in [0.05, 0.1) is 19.3 Å². The van der Waals surface area contributed by atoms with Gasteiger partial charge in [-0.15, -0.1) is 0 Å². The molecule has 1 aromatic rings. The van der Waals surface area contributed by atoms with Gasteiger partial charge in [-0.05, 0) is 12.1 Å². The van der Waals surface area contributed by atoms with E-state index in [0.717, 1.165) is 0 Å². The number of ether oxygens (including phenoxy) is 1. The fourth-order valence-electron chi connectivity index (χ4n) is 2.35. The van der Waals surface area contributed by atoms with Crippen LogP contribution in [0.3, 0.4) is 0 Å². The predicted octanol–water partition coefficient (Wildman–Crippen LogP) is 0.980. The number of urea groups is 1. The van der Waals surface area contributed by atoms with Crippen LogP contribution in [0.2, 0.25) is 0 Å². The van der Waals surface area contributed by atoms with Crippen molar-refractivity contribution in [3.05, 3.63) is 24.3 Å². The Hall–Kier alpha value is -2.28. The van der Waals surface area contributed by atoms with E-state index in [2.05, 4.69) is 0 Å². The summed E-state index contributed by atoms with van der Waals surface area (Å²) in [6.45, 7) is 0.306. The third-order valence-electron chi connectivity index (χ3n) is 3.67. The SMILES string of the molecule is CN(C(=O)N(C)C1COCC1C(=O)O)c1cccc(O)c1. The lowest BCUT2D eigenvalue weighted by atomic mass is 10.0. The van der Waals surface area contributed by atoms with Gasteiger partial charge in [-0.2, -0.15) is 0 Å². The van der Waals surface area contributed by atoms with Gasteiger partial charge in [0.1, 0.15) is 11.7 Å². The first-order chi connectivity index (χ1) is 9.91. The third kappa shape index (κ3) is 3.08. The Labute approximate surface area is 122 Å². The van der Waals surface area contributed by atoms with Crippen molar-refractivity contribution in [2.24, 2.45) is 5.92 Å². The van der Waals surface area contributed by atoms with Crippen LogP contribution in [0.25, 0.3) is 0 Å². The third-order valence-corrected chi connectivity index (χ3v) is 3.67. The number of aliphatic carboxylic acids is 1. The number of carbonyl (C=O) groups is 2. The summed E-state index contributed by atoms with van der Waals surface area (Å²) in [5, 5.41) is 18.6. The number of rotatable bonds is 3. The maximum atomic E-state index is 12.4. The van der Waals surface area contributed by atoms with Crippen molar-refractivity contribution in [3.63, 3.8) is 0 Å². The van der Waals surface area contributed by atoms with Crippen molar-refractivity contribution in [3.8, 4) is 5.75 Å². The first-order valence-electron chi connectivity index (χ1n) is 6.52. The number of benzene rings is 1. The van der Waals surface area contributed by atoms with E-state index in [0.29, 0.717) is 5.69 Å². The molecule has 2 N–H and O–H groups in total. The Kier molecular flexibility index (Phi) is 4.32. The molecule has 1 aliphatic rings. The summed E-state index contributed by atoms with van der Waals surface area (Å²) in [4.78, 5) is 26.3. The van der Waals surface area contributed by atoms with Gasteiger partial charge < -0.3 is 19.8 Å². The summed E-state index contributed by atoms with van der Waals surface area (Å²) >= 11 is 0. The number of amides is 2. The summed E-state index contributed by atoms with van der Waals surface area (Å²) in [5.74, 6) is -1.64. The van der Waals surface area contributed by atoms with Gasteiger partial charge in [0.15, 0.2) is 0 Å². The second-order valence-corrected chi connectivity index (χ2v) is 5.02. The summed E-state index contributed by atoms with van der Waals surface area (Å²) in [7, 11) is 3.12. The van der Waals surface area contributed by atoms with E-state index in [1.807, 2.05) is 0 Å². The van der Waals surface area contributed by atoms with Crippen molar-refractivity contribution >= 4 is 17.7 Å². The zero-order chi connectivity index (χ0) is 15.6. The fraction of sp³-hybridized carbons (Fsp3) is 0.429. The number of carbonyl (C=O) groups excluding carboxylic acids is 1. The van der Waals surface area contributed by atoms with E-state index in [4.69, 9.17) is 9.84 Å². The first-order valence-corrected chi connectivity index (χ1v) is 6.52. The molecule has 114 valence electrons. The highest BCUT2D eigenvalue weighted by atomic mass is 16.5. The fourth-order valence-corrected chi connectivity index (χ4v) is 2.35. The van der Waals surface area contributed by atoms with Crippen LogP contribution >= 0.6 is 0 Å². The minimum atomic E-state index is -0.975. The van der Waals surface area contributed by atoms with Crippen LogP contribution in [0.1, 0.15) is 0 Å². The highest BCUT2D eigenvalue weighted by Gasteiger charge is 2.39. The number of phenols is 1. The van der Waals surface area contributed by atoms with E-state index in [9.17, 15) is 14.7 Å². The number of hydrogen-bond donors (Lipinski definition) is 2. The molecule has 2 atom stereocenters. The molecule has 1 aromatic carbocycles. The van der Waals surface area contributed by atoms with Gasteiger partial charge in [-0.1, -0.05) is 6.07 Å². The maximum Gasteiger partial charge on any atom is 0.324 e. The summed E-state index contributed by atoms with van der Waals surface area (Å²) in [5.41, 5.74) is 0.526. The van der Waals surface area contributed by atoms with Gasteiger partial charge in [0.25, 0.3) is 0 Å². The lowest BCUT2D eigenvalue weighted by molar-refractivity contribution is -0.142. The van der Waals surface area contributed by atoms with Crippen LogP contribution in [0.15, 0.2) is 24.3 Å². The van der Waals surface area contributed by atoms with E-state index in [-0.39, 0.29) is 25.0 Å². The summed E-state index contributed by atoms with van der Waals surface area (Å²) in [6, 6.07) is 5.43. The van der Waals surface area contributed by atoms with Crippen LogP contribution in [-0.2, 0) is 9.53 Å². The molecule has 7 nitrogen and oxygen atoms in total. The number of anilines is 1. The van der Waals surface area contributed by atoms with Crippen molar-refractivity contribution in [1.82, 2.24) is 4.90 Å². The Balaban J connectivity index is 2.13. The molecule has 1 fully saturated rings. The van der Waals surface area contributed by atoms with Crippen LogP contribution in [-0.4, -0.2) is 60.5 Å². The number of nitrogens with zero attached hydrogens (tertiary/aromatic N) is 2. The van der Waals surface area contributed by atoms with Crippen molar-refractivity contribution in [2.45, 2.75) is 6.04 Å². The highest BCUT2D eigenvalue weighted by Crippen LogP contribution is 2.23. The molecule has 0 bridgehead atoms. The quantitative estimate of drug-likeness (QED) is 0.867. The maximum absolute atomic E-state index is 12.4.